The third-order valence-corrected chi connectivity index (χ3v) is 5.46. The van der Waals surface area contributed by atoms with E-state index in [4.69, 9.17) is 9.47 Å². The lowest BCUT2D eigenvalue weighted by Gasteiger charge is -2.21. The summed E-state index contributed by atoms with van der Waals surface area (Å²) in [5.74, 6) is -0.488. The van der Waals surface area contributed by atoms with Crippen LogP contribution in [-0.4, -0.2) is 54.4 Å². The molecule has 7 nitrogen and oxygen atoms in total. The highest BCUT2D eigenvalue weighted by molar-refractivity contribution is 8.18. The first-order valence-electron chi connectivity index (χ1n) is 9.58. The maximum Gasteiger partial charge on any atom is 0.326 e. The van der Waals surface area contributed by atoms with Gasteiger partial charge in [0.25, 0.3) is 11.1 Å². The molecule has 2 fully saturated rings. The van der Waals surface area contributed by atoms with E-state index in [9.17, 15) is 14.4 Å². The average molecular weight is 419 g/mol. The van der Waals surface area contributed by atoms with Crippen molar-refractivity contribution in [2.24, 2.45) is 0 Å². The van der Waals surface area contributed by atoms with Crippen molar-refractivity contribution in [3.63, 3.8) is 0 Å². The molecule has 2 aliphatic rings. The van der Waals surface area contributed by atoms with Crippen molar-refractivity contribution >= 4 is 40.6 Å². The standard InChI is InChI=1S/C21H26N2O5S/c1-21(2,3)28-18(24)13-23-19(25)17(29-20(23)26)11-14-7-8-15(12-16(14)27-4)22-9-5-6-10-22/h7-8,11-12H,5-6,9-10,13H2,1-4H3/b17-11-. The quantitative estimate of drug-likeness (QED) is 0.533. The number of carbonyl (C=O) groups excluding carboxylic acids is 3. The van der Waals surface area contributed by atoms with Crippen molar-refractivity contribution in [2.45, 2.75) is 39.2 Å². The fraction of sp³-hybridized carbons (Fsp3) is 0.476. The van der Waals surface area contributed by atoms with Gasteiger partial charge in [-0.25, -0.2) is 0 Å². The summed E-state index contributed by atoms with van der Waals surface area (Å²) >= 11 is 0.810. The van der Waals surface area contributed by atoms with Gasteiger partial charge in [-0.1, -0.05) is 0 Å². The number of nitrogens with zero attached hydrogens (tertiary/aromatic N) is 2. The molecular weight excluding hydrogens is 392 g/mol. The molecule has 3 rings (SSSR count). The third-order valence-electron chi connectivity index (χ3n) is 4.56. The van der Waals surface area contributed by atoms with Gasteiger partial charge in [-0.05, 0) is 63.6 Å². The number of carbonyl (C=O) groups is 3. The lowest BCUT2D eigenvalue weighted by Crippen LogP contribution is -2.37. The minimum absolute atomic E-state index is 0.255. The number of amides is 2. The molecule has 2 saturated heterocycles. The molecule has 0 aliphatic carbocycles. The summed E-state index contributed by atoms with van der Waals surface area (Å²) in [5.41, 5.74) is 1.10. The molecule has 0 aromatic heterocycles. The third kappa shape index (κ3) is 5.12. The average Bonchev–Trinajstić information content (AvgIpc) is 3.25. The second-order valence-corrected chi connectivity index (χ2v) is 8.97. The highest BCUT2D eigenvalue weighted by Crippen LogP contribution is 2.35. The number of benzene rings is 1. The summed E-state index contributed by atoms with van der Waals surface area (Å²) in [7, 11) is 1.58. The van der Waals surface area contributed by atoms with Crippen molar-refractivity contribution < 1.29 is 23.9 Å². The monoisotopic (exact) mass is 418 g/mol. The Balaban J connectivity index is 1.77. The first-order valence-corrected chi connectivity index (χ1v) is 10.4. The molecule has 0 atom stereocenters. The van der Waals surface area contributed by atoms with Crippen molar-refractivity contribution in [1.82, 2.24) is 4.90 Å². The van der Waals surface area contributed by atoms with Crippen molar-refractivity contribution in [3.05, 3.63) is 28.7 Å². The highest BCUT2D eigenvalue weighted by atomic mass is 32.2. The first-order chi connectivity index (χ1) is 13.7. The summed E-state index contributed by atoms with van der Waals surface area (Å²) in [4.78, 5) is 40.4. The van der Waals surface area contributed by atoms with Crippen LogP contribution in [0, 0.1) is 0 Å². The second-order valence-electron chi connectivity index (χ2n) is 7.97. The minimum Gasteiger partial charge on any atom is -0.496 e. The fourth-order valence-electron chi connectivity index (χ4n) is 3.27. The number of thioether (sulfide) groups is 1. The van der Waals surface area contributed by atoms with Crippen LogP contribution < -0.4 is 9.64 Å². The number of anilines is 1. The van der Waals surface area contributed by atoms with Crippen LogP contribution in [0.1, 0.15) is 39.2 Å². The minimum atomic E-state index is -0.681. The molecule has 0 unspecified atom stereocenters. The van der Waals surface area contributed by atoms with Gasteiger partial charge >= 0.3 is 5.97 Å². The number of ether oxygens (including phenoxy) is 2. The Labute approximate surface area is 175 Å². The Hall–Kier alpha value is -2.48. The lowest BCUT2D eigenvalue weighted by atomic mass is 10.1. The van der Waals surface area contributed by atoms with Gasteiger partial charge in [-0.2, -0.15) is 0 Å². The molecule has 1 aromatic carbocycles. The number of rotatable bonds is 5. The van der Waals surface area contributed by atoms with Crippen LogP contribution in [0.4, 0.5) is 10.5 Å². The molecule has 1 aromatic rings. The molecule has 8 heteroatoms. The van der Waals surface area contributed by atoms with E-state index in [1.807, 2.05) is 18.2 Å². The van der Waals surface area contributed by atoms with Crippen LogP contribution in [0.15, 0.2) is 23.1 Å². The number of methoxy groups -OCH3 is 1. The molecule has 0 saturated carbocycles. The van der Waals surface area contributed by atoms with Gasteiger partial charge in [0.15, 0.2) is 0 Å². The van der Waals surface area contributed by atoms with E-state index in [1.165, 1.54) is 12.8 Å². The van der Waals surface area contributed by atoms with Crippen molar-refractivity contribution in [3.8, 4) is 5.75 Å². The van der Waals surface area contributed by atoms with Crippen LogP contribution in [0.3, 0.4) is 0 Å². The largest absolute Gasteiger partial charge is 0.496 e. The van der Waals surface area contributed by atoms with E-state index in [0.717, 1.165) is 35.4 Å². The Bertz CT molecular complexity index is 853. The topological polar surface area (TPSA) is 76.2 Å². The van der Waals surface area contributed by atoms with Crippen LogP contribution in [-0.2, 0) is 14.3 Å². The smallest absolute Gasteiger partial charge is 0.326 e. The summed E-state index contributed by atoms with van der Waals surface area (Å²) in [6.45, 7) is 6.84. The summed E-state index contributed by atoms with van der Waals surface area (Å²) < 4.78 is 10.7. The van der Waals surface area contributed by atoms with E-state index >= 15 is 0 Å². The number of hydrogen-bond donors (Lipinski definition) is 0. The Morgan fingerprint density at radius 3 is 2.52 bits per heavy atom. The zero-order chi connectivity index (χ0) is 21.2. The van der Waals surface area contributed by atoms with Crippen LogP contribution in [0.25, 0.3) is 6.08 Å². The normalized spacial score (nSPS) is 18.7. The Morgan fingerprint density at radius 2 is 1.90 bits per heavy atom. The van der Waals surface area contributed by atoms with Gasteiger partial charge in [0.1, 0.15) is 17.9 Å². The number of hydrogen-bond acceptors (Lipinski definition) is 7. The van der Waals surface area contributed by atoms with Crippen molar-refractivity contribution in [1.29, 1.82) is 0 Å². The predicted octanol–water partition coefficient (Wildman–Crippen LogP) is 3.67. The summed E-state index contributed by atoms with van der Waals surface area (Å²) in [6.07, 6.45) is 3.98. The SMILES string of the molecule is COc1cc(N2CCCC2)ccc1/C=C1\SC(=O)N(CC(=O)OC(C)(C)C)C1=O. The molecule has 0 radical (unpaired) electrons. The molecule has 2 amide bonds. The molecule has 0 spiro atoms. The van der Waals surface area contributed by atoms with Crippen LogP contribution >= 0.6 is 11.8 Å². The van der Waals surface area contributed by atoms with Gasteiger partial charge in [-0.15, -0.1) is 0 Å². The fourth-order valence-corrected chi connectivity index (χ4v) is 4.10. The highest BCUT2D eigenvalue weighted by Gasteiger charge is 2.37. The van der Waals surface area contributed by atoms with E-state index < -0.39 is 29.3 Å². The molecular formula is C21H26N2O5S. The van der Waals surface area contributed by atoms with Gasteiger partial charge in [0, 0.05) is 30.4 Å². The maximum atomic E-state index is 12.7. The Kier molecular flexibility index (Phi) is 6.21. The van der Waals surface area contributed by atoms with Gasteiger partial charge in [0.05, 0.1) is 12.0 Å². The number of imide groups is 1. The molecule has 0 bridgehead atoms. The molecule has 29 heavy (non-hydrogen) atoms. The molecule has 156 valence electrons. The molecule has 2 heterocycles. The van der Waals surface area contributed by atoms with E-state index in [2.05, 4.69) is 4.90 Å². The van der Waals surface area contributed by atoms with Gasteiger partial charge in [0.2, 0.25) is 0 Å². The second kappa shape index (κ2) is 8.49. The van der Waals surface area contributed by atoms with E-state index in [-0.39, 0.29) is 4.91 Å². The zero-order valence-electron chi connectivity index (χ0n) is 17.2. The summed E-state index contributed by atoms with van der Waals surface area (Å²) in [6, 6.07) is 5.82. The molecule has 0 N–H and O–H groups in total. The lowest BCUT2D eigenvalue weighted by molar-refractivity contribution is -0.156. The Morgan fingerprint density at radius 1 is 1.21 bits per heavy atom. The van der Waals surface area contributed by atoms with Crippen molar-refractivity contribution in [2.75, 3.05) is 31.6 Å². The van der Waals surface area contributed by atoms with Gasteiger partial charge < -0.3 is 14.4 Å². The molecule has 2 aliphatic heterocycles. The number of esters is 1. The maximum absolute atomic E-state index is 12.7. The predicted molar refractivity (Wildman–Crippen MR) is 113 cm³/mol. The van der Waals surface area contributed by atoms with E-state index in [0.29, 0.717) is 11.3 Å². The van der Waals surface area contributed by atoms with Crippen LogP contribution in [0.5, 0.6) is 5.75 Å². The van der Waals surface area contributed by atoms with Gasteiger partial charge in [-0.3, -0.25) is 19.3 Å². The zero-order valence-corrected chi connectivity index (χ0v) is 18.0. The summed E-state index contributed by atoms with van der Waals surface area (Å²) in [5, 5.41) is -0.486. The van der Waals surface area contributed by atoms with E-state index in [1.54, 1.807) is 34.0 Å². The first kappa shape index (κ1) is 21.2. The van der Waals surface area contributed by atoms with Crippen LogP contribution in [0.2, 0.25) is 0 Å².